The van der Waals surface area contributed by atoms with E-state index in [0.717, 1.165) is 17.2 Å². The number of aromatic nitrogens is 12. The first kappa shape index (κ1) is 61.8. The van der Waals surface area contributed by atoms with Crippen molar-refractivity contribution in [3.63, 3.8) is 0 Å². The Morgan fingerprint density at radius 3 is 1.58 bits per heavy atom. The second kappa shape index (κ2) is 23.2. The summed E-state index contributed by atoms with van der Waals surface area (Å²) in [4.78, 5) is 84.2. The lowest BCUT2D eigenvalue weighted by Gasteiger charge is -2.26. The number of nitrogens with one attached hydrogen (secondary N) is 3. The third kappa shape index (κ3) is 16.5. The molecule has 0 aromatic carbocycles. The quantitative estimate of drug-likeness (QED) is 0.107. The molecule has 0 aliphatic carbocycles. The van der Waals surface area contributed by atoms with Crippen molar-refractivity contribution in [2.45, 2.75) is 167 Å². The van der Waals surface area contributed by atoms with Crippen LogP contribution in [0.2, 0.25) is 0 Å². The minimum absolute atomic E-state index is 0. The molecule has 1 aliphatic rings. The number of aromatic amines is 2. The minimum atomic E-state index is -0.468. The van der Waals surface area contributed by atoms with Crippen LogP contribution >= 0.6 is 0 Å². The van der Waals surface area contributed by atoms with Gasteiger partial charge in [-0.15, -0.1) is 0 Å². The van der Waals surface area contributed by atoms with Crippen LogP contribution in [0.3, 0.4) is 0 Å². The predicted octanol–water partition coefficient (Wildman–Crippen LogP) is 4.88. The molecule has 6 aromatic heterocycles. The smallest absolute Gasteiger partial charge is 0.349 e. The highest BCUT2D eigenvalue weighted by Crippen LogP contribution is 2.29. The van der Waals surface area contributed by atoms with Gasteiger partial charge in [0.1, 0.15) is 35.3 Å². The van der Waals surface area contributed by atoms with E-state index in [1.54, 1.807) is 42.6 Å². The van der Waals surface area contributed by atoms with Crippen LogP contribution in [-0.4, -0.2) is 63.7 Å². The van der Waals surface area contributed by atoms with Crippen LogP contribution in [0.15, 0.2) is 78.7 Å². The summed E-state index contributed by atoms with van der Waals surface area (Å²) in [6, 6.07) is 2.96. The number of aryl methyl sites for hydroxylation is 1. The Hall–Kier alpha value is -7.17. The van der Waals surface area contributed by atoms with Gasteiger partial charge in [0.25, 0.3) is 11.1 Å². The topological polar surface area (TPSA) is 335 Å². The molecular formula is C46H80N18O5. The van der Waals surface area contributed by atoms with Crippen molar-refractivity contribution in [2.24, 2.45) is 16.5 Å². The largest absolute Gasteiger partial charge is 0.383 e. The van der Waals surface area contributed by atoms with E-state index in [-0.39, 0.29) is 84.0 Å². The van der Waals surface area contributed by atoms with Gasteiger partial charge in [-0.2, -0.15) is 4.98 Å². The zero-order valence-electron chi connectivity index (χ0n) is 41.0. The molecule has 6 aromatic rings. The van der Waals surface area contributed by atoms with Crippen LogP contribution in [0.5, 0.6) is 0 Å². The van der Waals surface area contributed by atoms with Gasteiger partial charge in [0, 0.05) is 57.9 Å². The summed E-state index contributed by atoms with van der Waals surface area (Å²) in [5.74, 6) is 1.86. The van der Waals surface area contributed by atoms with Crippen molar-refractivity contribution >= 4 is 34.6 Å². The maximum absolute atomic E-state index is 11.3. The summed E-state index contributed by atoms with van der Waals surface area (Å²) in [5, 5.41) is 2.99. The van der Waals surface area contributed by atoms with Gasteiger partial charge in [-0.1, -0.05) is 22.3 Å². The number of H-pyrrole nitrogens is 2. The monoisotopic (exact) mass is 965 g/mol. The predicted molar refractivity (Wildman–Crippen MR) is 280 cm³/mol. The lowest BCUT2D eigenvalue weighted by atomic mass is 10.1. The Kier molecular flexibility index (Phi) is 20.8. The lowest BCUT2D eigenvalue weighted by Crippen LogP contribution is -2.39. The number of nitrogens with zero attached hydrogens (tertiary/aromatic N) is 11. The third-order valence-electron chi connectivity index (χ3n) is 9.35. The molecule has 23 heteroatoms. The molecule has 11 N–H and O–H groups in total. The summed E-state index contributed by atoms with van der Waals surface area (Å²) in [6.45, 7) is 31.4. The first-order valence-corrected chi connectivity index (χ1v) is 20.9. The summed E-state index contributed by atoms with van der Waals surface area (Å²) >= 11 is 0. The normalized spacial score (nSPS) is 13.2. The van der Waals surface area contributed by atoms with Crippen molar-refractivity contribution in [2.75, 3.05) is 16.8 Å². The highest BCUT2D eigenvalue weighted by molar-refractivity contribution is 5.93. The Morgan fingerprint density at radius 2 is 1.09 bits per heavy atom. The molecule has 1 atom stereocenters. The van der Waals surface area contributed by atoms with Gasteiger partial charge >= 0.3 is 17.1 Å². The molecule has 0 fully saturated rings. The first-order chi connectivity index (χ1) is 30.0. The zero-order valence-corrected chi connectivity index (χ0v) is 41.0. The molecule has 0 spiro atoms. The van der Waals surface area contributed by atoms with Gasteiger partial charge in [-0.25, -0.2) is 39.3 Å². The Morgan fingerprint density at radius 1 is 0.594 bits per heavy atom. The summed E-state index contributed by atoms with van der Waals surface area (Å²) in [7, 11) is 0. The molecule has 1 unspecified atom stereocenters. The van der Waals surface area contributed by atoms with Crippen molar-refractivity contribution in [1.29, 1.82) is 0 Å². The number of guanidine groups is 1. The molecule has 1 aliphatic heterocycles. The number of hydrogen-bond donors (Lipinski definition) is 7. The average molecular weight is 965 g/mol. The molecule has 0 bridgehead atoms. The van der Waals surface area contributed by atoms with E-state index >= 15 is 0 Å². The molecule has 0 saturated heterocycles. The highest BCUT2D eigenvalue weighted by atomic mass is 16.2. The number of aliphatic imine (C=N–C) groups is 1. The molecule has 384 valence electrons. The van der Waals surface area contributed by atoms with Gasteiger partial charge in [0.15, 0.2) is 17.4 Å². The maximum atomic E-state index is 11.3. The molecule has 0 amide bonds. The SMILES string of the molecule is C.C.C.CC(C)(C)n1ccc(=O)[nH]c1=O.CC(C)(C)n1ccc(N)nc1=O.CC(C)(C)n1cnc2c(N)ncnc21.CC(C)(C)n1cnc2c1NC(N)=NC2N.Cc1cn(C(C)(C)C)c(=O)[nH]c1=O. The average Bonchev–Trinajstić information content (AvgIpc) is 3.79. The fourth-order valence-electron chi connectivity index (χ4n) is 5.86. The first-order valence-electron chi connectivity index (χ1n) is 20.9. The van der Waals surface area contributed by atoms with E-state index in [1.165, 1.54) is 27.7 Å². The van der Waals surface area contributed by atoms with E-state index in [2.05, 4.69) is 86.7 Å². The minimum Gasteiger partial charge on any atom is -0.383 e. The van der Waals surface area contributed by atoms with Crippen molar-refractivity contribution in [3.8, 4) is 0 Å². The second-order valence-corrected chi connectivity index (χ2v) is 20.3. The van der Waals surface area contributed by atoms with E-state index in [1.807, 2.05) is 71.4 Å². The molecule has 0 radical (unpaired) electrons. The number of nitrogen functional groups attached to an aromatic ring is 2. The van der Waals surface area contributed by atoms with Crippen LogP contribution in [0.1, 0.15) is 144 Å². The number of rotatable bonds is 0. The third-order valence-corrected chi connectivity index (χ3v) is 9.35. The molecular weight excluding hydrogens is 885 g/mol. The number of nitrogens with two attached hydrogens (primary N) is 4. The van der Waals surface area contributed by atoms with Crippen molar-refractivity contribution in [3.05, 3.63) is 113 Å². The van der Waals surface area contributed by atoms with Crippen molar-refractivity contribution in [1.82, 2.24) is 57.7 Å². The number of imidazole rings is 2. The number of fused-ring (bicyclic) bond motifs is 2. The maximum Gasteiger partial charge on any atom is 0.349 e. The van der Waals surface area contributed by atoms with E-state index in [4.69, 9.17) is 22.9 Å². The number of hydrogen-bond acceptors (Lipinski definition) is 16. The van der Waals surface area contributed by atoms with Crippen LogP contribution in [0, 0.1) is 6.92 Å². The molecule has 69 heavy (non-hydrogen) atoms. The van der Waals surface area contributed by atoms with Gasteiger partial charge in [0.05, 0.1) is 12.7 Å². The Balaban J connectivity index is 0.000000831. The van der Waals surface area contributed by atoms with Crippen LogP contribution in [0.4, 0.5) is 17.5 Å². The van der Waals surface area contributed by atoms with Crippen LogP contribution in [-0.2, 0) is 27.7 Å². The molecule has 23 nitrogen and oxygen atoms in total. The fraction of sp³-hybridized carbons (Fsp3) is 0.543. The van der Waals surface area contributed by atoms with E-state index in [0.29, 0.717) is 22.9 Å². The van der Waals surface area contributed by atoms with E-state index in [9.17, 15) is 24.0 Å². The summed E-state index contributed by atoms with van der Waals surface area (Å²) < 4.78 is 8.53. The summed E-state index contributed by atoms with van der Waals surface area (Å²) in [6.07, 6.45) is 9.24. The Labute approximate surface area is 404 Å². The Bertz CT molecular complexity index is 2950. The fourth-order valence-corrected chi connectivity index (χ4v) is 5.86. The van der Waals surface area contributed by atoms with Crippen LogP contribution < -0.4 is 56.4 Å². The summed E-state index contributed by atoms with van der Waals surface area (Å²) in [5.41, 5.74) is 22.6. The molecule has 7 rings (SSSR count). The van der Waals surface area contributed by atoms with Crippen LogP contribution in [0.25, 0.3) is 11.2 Å². The van der Waals surface area contributed by atoms with Gasteiger partial charge < -0.3 is 37.4 Å². The van der Waals surface area contributed by atoms with Gasteiger partial charge in [-0.05, 0) is 117 Å². The van der Waals surface area contributed by atoms with Gasteiger partial charge in [-0.3, -0.25) is 33.3 Å². The van der Waals surface area contributed by atoms with E-state index < -0.39 is 6.17 Å². The zero-order chi connectivity index (χ0) is 50.5. The standard InChI is InChI=1S/C9H16N6.C9H13N5.C9H14N2O2.C8H13N3O.C8H12N2O2.3CH4/c1-9(2,3)15-4-12-5-6(10)13-8(11)14-7(5)15;1-9(2,3)14-5-13-6-7(10)11-4-12-8(6)14;1-6-5-11(9(2,3)4)8(13)10-7(6)12;1-8(2,3)11-5-4-6(9)10-7(11)12;1-8(2,3)10-5-4-6(11)9-7(10)12;;;/h4,6H,10H2,1-3H3,(H3,11,13,14);4-5H,1-3H3,(H2,10,11,12);5H,1-4H3,(H,10,12,13);4-5H,1-3H3,(H2,9,10,12);4-5H,1-3H3,(H,9,11,12);3*1H4. The van der Waals surface area contributed by atoms with Crippen molar-refractivity contribution < 1.29 is 0 Å². The second-order valence-electron chi connectivity index (χ2n) is 20.3. The molecule has 0 saturated carbocycles. The molecule has 7 heterocycles. The number of anilines is 3. The lowest BCUT2D eigenvalue weighted by molar-refractivity contribution is 0.375. The van der Waals surface area contributed by atoms with Gasteiger partial charge in [0.2, 0.25) is 0 Å². The highest BCUT2D eigenvalue weighted by Gasteiger charge is 2.27.